The van der Waals surface area contributed by atoms with Crippen LogP contribution in [0.25, 0.3) is 21.8 Å². The Kier molecular flexibility index (Phi) is 8.67. The van der Waals surface area contributed by atoms with E-state index in [0.29, 0.717) is 5.92 Å². The average molecular weight is 607 g/mol. The molecule has 1 aliphatic heterocycles. The van der Waals surface area contributed by atoms with Gasteiger partial charge in [0.15, 0.2) is 7.14 Å². The van der Waals surface area contributed by atoms with Gasteiger partial charge in [-0.05, 0) is 56.7 Å². The molecule has 0 atom stereocenters. The van der Waals surface area contributed by atoms with Crippen molar-refractivity contribution in [2.45, 2.75) is 59.3 Å². The second-order valence-corrected chi connectivity index (χ2v) is 15.6. The summed E-state index contributed by atoms with van der Waals surface area (Å²) in [5.74, 6) is 0.751. The maximum absolute atomic E-state index is 17.3. The van der Waals surface area contributed by atoms with Crippen LogP contribution in [0.1, 0.15) is 98.2 Å². The van der Waals surface area contributed by atoms with E-state index in [9.17, 15) is 0 Å². The van der Waals surface area contributed by atoms with Gasteiger partial charge in [0.25, 0.3) is 0 Å². The predicted octanol–water partition coefficient (Wildman–Crippen LogP) is 12.2. The van der Waals surface area contributed by atoms with E-state index in [2.05, 4.69) is 163 Å². The normalized spacial score (nSPS) is 14.7. The van der Waals surface area contributed by atoms with Gasteiger partial charge in [-0.2, -0.15) is 0 Å². The summed E-state index contributed by atoms with van der Waals surface area (Å²) >= 11 is 0. The Balaban J connectivity index is 1.91. The first-order valence-electron chi connectivity index (χ1n) is 16.2. The van der Waals surface area contributed by atoms with Crippen molar-refractivity contribution in [2.75, 3.05) is 0 Å². The van der Waals surface area contributed by atoms with Crippen LogP contribution in [0.4, 0.5) is 0 Å². The Morgan fingerprint density at radius 3 is 1.02 bits per heavy atom. The van der Waals surface area contributed by atoms with E-state index in [1.165, 1.54) is 16.7 Å². The monoisotopic (exact) mass is 606 g/mol. The van der Waals surface area contributed by atoms with Crippen LogP contribution in [-0.4, -0.2) is 0 Å². The van der Waals surface area contributed by atoms with E-state index in [4.69, 9.17) is 0 Å². The molecule has 0 aromatic heterocycles. The van der Waals surface area contributed by atoms with Crippen molar-refractivity contribution in [3.8, 4) is 0 Å². The van der Waals surface area contributed by atoms with E-state index in [1.54, 1.807) is 0 Å². The van der Waals surface area contributed by atoms with Crippen LogP contribution < -0.4 is 5.30 Å². The molecular weight excluding hydrogens is 563 g/mol. The van der Waals surface area contributed by atoms with Crippen LogP contribution in [0.2, 0.25) is 0 Å². The lowest BCUT2D eigenvalue weighted by Gasteiger charge is -2.31. The minimum Gasteiger partial charge on any atom is -0.309 e. The minimum atomic E-state index is -3.50. The zero-order valence-electron chi connectivity index (χ0n) is 27.3. The van der Waals surface area contributed by atoms with Crippen LogP contribution in [-0.2, 0) is 4.57 Å². The first kappa shape index (κ1) is 30.8. The molecule has 2 heteroatoms. The van der Waals surface area contributed by atoms with Crippen LogP contribution in [0, 0.1) is 0 Å². The Bertz CT molecular complexity index is 1780. The maximum Gasteiger partial charge on any atom is 0.174 e. The average Bonchev–Trinajstić information content (AvgIpc) is 3.35. The van der Waals surface area contributed by atoms with Gasteiger partial charge < -0.3 is 4.57 Å². The van der Waals surface area contributed by atoms with Crippen LogP contribution >= 0.6 is 7.14 Å². The highest BCUT2D eigenvalue weighted by molar-refractivity contribution is 7.91. The summed E-state index contributed by atoms with van der Waals surface area (Å²) in [5, 5.41) is 2.90. The van der Waals surface area contributed by atoms with Crippen molar-refractivity contribution in [1.82, 2.24) is 0 Å². The SMILES string of the molecule is CC(C)c1cc(C(C)C)c(P2(=O)C(c3ccccc3)=C(c3ccccc3)C(c3ccccc3)=C2c2ccccc2)c(C(C)C)c1. The van der Waals surface area contributed by atoms with Crippen LogP contribution in [0.5, 0.6) is 0 Å². The Labute approximate surface area is 269 Å². The Morgan fingerprint density at radius 1 is 0.422 bits per heavy atom. The van der Waals surface area contributed by atoms with E-state index in [-0.39, 0.29) is 11.8 Å². The van der Waals surface area contributed by atoms with E-state index in [1.807, 2.05) is 12.1 Å². The van der Waals surface area contributed by atoms with Crippen molar-refractivity contribution in [3.63, 3.8) is 0 Å². The number of hydrogen-bond acceptors (Lipinski definition) is 1. The molecule has 0 unspecified atom stereocenters. The molecule has 0 bridgehead atoms. The van der Waals surface area contributed by atoms with E-state index < -0.39 is 7.14 Å². The molecule has 0 spiro atoms. The van der Waals surface area contributed by atoms with Gasteiger partial charge in [0.2, 0.25) is 0 Å². The molecule has 0 N–H and O–H groups in total. The molecule has 0 radical (unpaired) electrons. The maximum atomic E-state index is 17.3. The number of hydrogen-bond donors (Lipinski definition) is 0. The Morgan fingerprint density at radius 2 is 0.733 bits per heavy atom. The van der Waals surface area contributed by atoms with Crippen molar-refractivity contribution in [2.24, 2.45) is 0 Å². The van der Waals surface area contributed by atoms with E-state index >= 15 is 4.57 Å². The second-order valence-electron chi connectivity index (χ2n) is 13.0. The highest BCUT2D eigenvalue weighted by Crippen LogP contribution is 2.77. The summed E-state index contributed by atoms with van der Waals surface area (Å²) < 4.78 is 17.3. The fraction of sp³-hybridized carbons (Fsp3) is 0.209. The van der Waals surface area contributed by atoms with Crippen molar-refractivity contribution < 1.29 is 4.57 Å². The fourth-order valence-corrected chi connectivity index (χ4v) is 11.0. The number of allylic oxidation sites excluding steroid dienone is 2. The van der Waals surface area contributed by atoms with Crippen LogP contribution in [0.15, 0.2) is 133 Å². The van der Waals surface area contributed by atoms with Gasteiger partial charge in [-0.15, -0.1) is 0 Å². The first-order chi connectivity index (χ1) is 21.7. The molecule has 1 aliphatic rings. The lowest BCUT2D eigenvalue weighted by molar-refractivity contribution is 0.592. The van der Waals surface area contributed by atoms with Gasteiger partial charge in [0.05, 0.1) is 0 Å². The molecular formula is C43H43OP. The summed E-state index contributed by atoms with van der Waals surface area (Å²) in [4.78, 5) is 0. The molecule has 0 amide bonds. The number of benzene rings is 5. The lowest BCUT2D eigenvalue weighted by Crippen LogP contribution is -2.21. The summed E-state index contributed by atoms with van der Waals surface area (Å²) in [6.07, 6.45) is 0. The summed E-state index contributed by atoms with van der Waals surface area (Å²) in [5.41, 5.74) is 10.00. The van der Waals surface area contributed by atoms with Gasteiger partial charge in [0, 0.05) is 27.1 Å². The van der Waals surface area contributed by atoms with E-state index in [0.717, 1.165) is 49.3 Å². The number of rotatable bonds is 8. The van der Waals surface area contributed by atoms with Crippen LogP contribution in [0.3, 0.4) is 0 Å². The minimum absolute atomic E-state index is 0.192. The topological polar surface area (TPSA) is 17.1 Å². The molecule has 0 fully saturated rings. The second kappa shape index (κ2) is 12.7. The van der Waals surface area contributed by atoms with Gasteiger partial charge in [-0.25, -0.2) is 0 Å². The third-order valence-electron chi connectivity index (χ3n) is 8.99. The zero-order valence-corrected chi connectivity index (χ0v) is 28.2. The van der Waals surface area contributed by atoms with Gasteiger partial charge in [-0.1, -0.05) is 175 Å². The summed E-state index contributed by atoms with van der Waals surface area (Å²) in [6, 6.07) is 46.9. The van der Waals surface area contributed by atoms with Crippen molar-refractivity contribution in [3.05, 3.63) is 172 Å². The van der Waals surface area contributed by atoms with Gasteiger partial charge in [-0.3, -0.25) is 0 Å². The molecule has 0 saturated carbocycles. The van der Waals surface area contributed by atoms with Crippen molar-refractivity contribution in [1.29, 1.82) is 0 Å². The quantitative estimate of drug-likeness (QED) is 0.161. The highest BCUT2D eigenvalue weighted by Gasteiger charge is 2.48. The molecule has 226 valence electrons. The molecule has 5 aromatic rings. The third-order valence-corrected chi connectivity index (χ3v) is 12.4. The fourth-order valence-electron chi connectivity index (χ4n) is 6.78. The summed E-state index contributed by atoms with van der Waals surface area (Å²) in [7, 11) is -3.50. The smallest absolute Gasteiger partial charge is 0.174 e. The zero-order chi connectivity index (χ0) is 31.7. The predicted molar refractivity (Wildman–Crippen MR) is 195 cm³/mol. The molecule has 1 heterocycles. The van der Waals surface area contributed by atoms with Crippen molar-refractivity contribution >= 4 is 34.2 Å². The first-order valence-corrected chi connectivity index (χ1v) is 17.9. The van der Waals surface area contributed by atoms with Gasteiger partial charge >= 0.3 is 0 Å². The largest absolute Gasteiger partial charge is 0.309 e. The molecule has 6 rings (SSSR count). The molecule has 0 saturated heterocycles. The molecule has 0 aliphatic carbocycles. The molecule has 5 aromatic carbocycles. The highest BCUT2D eigenvalue weighted by atomic mass is 31.2. The summed E-state index contributed by atoms with van der Waals surface area (Å²) in [6.45, 7) is 13.5. The van der Waals surface area contributed by atoms with Gasteiger partial charge in [0.1, 0.15) is 0 Å². The molecule has 1 nitrogen and oxygen atoms in total. The standard InChI is InChI=1S/C43H43OP/c1-29(2)36-27-37(30(3)4)43(38(28-36)31(5)6)45(44)41(34-23-15-9-16-24-34)39(32-19-11-7-12-20-32)40(33-21-13-8-14-22-33)42(45)35-25-17-10-18-26-35/h7-31H,1-6H3. The third kappa shape index (κ3) is 5.49. The molecule has 45 heavy (non-hydrogen) atoms. The Hall–Kier alpha value is -4.19. The lowest BCUT2D eigenvalue weighted by atomic mass is 9.89.